The van der Waals surface area contributed by atoms with Gasteiger partial charge >= 0.3 is 0 Å². The van der Waals surface area contributed by atoms with E-state index in [4.69, 9.17) is 4.74 Å². The number of anilines is 1. The average Bonchev–Trinajstić information content (AvgIpc) is 2.74. The summed E-state index contributed by atoms with van der Waals surface area (Å²) in [5, 5.41) is 3.82. The summed E-state index contributed by atoms with van der Waals surface area (Å²) in [5.74, 6) is 0.649. The van der Waals surface area contributed by atoms with Gasteiger partial charge in [-0.15, -0.1) is 0 Å². The zero-order valence-electron chi connectivity index (χ0n) is 15.2. The van der Waals surface area contributed by atoms with Gasteiger partial charge in [0, 0.05) is 29.8 Å². The van der Waals surface area contributed by atoms with Crippen LogP contribution in [0.3, 0.4) is 0 Å². The Morgan fingerprint density at radius 1 is 0.929 bits per heavy atom. The lowest BCUT2D eigenvalue weighted by Gasteiger charge is -2.11. The number of benzene rings is 2. The van der Waals surface area contributed by atoms with E-state index < -0.39 is 11.6 Å². The first-order valence-corrected chi connectivity index (χ1v) is 8.53. The molecule has 2 aromatic carbocycles. The molecule has 0 radical (unpaired) electrons. The number of nitrogens with one attached hydrogen (secondary N) is 1. The summed E-state index contributed by atoms with van der Waals surface area (Å²) in [5.41, 5.74) is 1.98. The SMILES string of the molecule is CNc1nc(-c2cncc(OC)c2)nc2cc(-c3cc(F)ccc3F)ccc12. The Morgan fingerprint density at radius 2 is 1.79 bits per heavy atom. The van der Waals surface area contributed by atoms with Crippen molar-refractivity contribution in [2.75, 3.05) is 19.5 Å². The van der Waals surface area contributed by atoms with Gasteiger partial charge in [0.15, 0.2) is 5.82 Å². The normalized spacial score (nSPS) is 10.9. The Kier molecular flexibility index (Phi) is 4.57. The predicted octanol–water partition coefficient (Wildman–Crippen LogP) is 4.69. The first kappa shape index (κ1) is 17.8. The Hall–Kier alpha value is -3.61. The molecule has 0 aliphatic carbocycles. The Bertz CT molecular complexity index is 1180. The molecule has 2 aromatic heterocycles. The van der Waals surface area contributed by atoms with Crippen LogP contribution in [0.15, 0.2) is 54.9 Å². The van der Waals surface area contributed by atoms with E-state index in [0.29, 0.717) is 34.0 Å². The van der Waals surface area contributed by atoms with E-state index in [1.54, 1.807) is 50.8 Å². The van der Waals surface area contributed by atoms with Crippen LogP contribution in [0.1, 0.15) is 0 Å². The molecule has 5 nitrogen and oxygen atoms in total. The van der Waals surface area contributed by atoms with Gasteiger partial charge in [-0.1, -0.05) is 6.07 Å². The average molecular weight is 378 g/mol. The van der Waals surface area contributed by atoms with Crippen LogP contribution in [0.25, 0.3) is 33.4 Å². The lowest BCUT2D eigenvalue weighted by molar-refractivity contribution is 0.413. The van der Waals surface area contributed by atoms with Gasteiger partial charge in [0.25, 0.3) is 0 Å². The van der Waals surface area contributed by atoms with Crippen molar-refractivity contribution < 1.29 is 13.5 Å². The zero-order valence-corrected chi connectivity index (χ0v) is 15.2. The van der Waals surface area contributed by atoms with Crippen molar-refractivity contribution in [3.8, 4) is 28.3 Å². The predicted molar refractivity (Wildman–Crippen MR) is 104 cm³/mol. The molecule has 0 saturated heterocycles. The van der Waals surface area contributed by atoms with E-state index >= 15 is 0 Å². The molecule has 2 heterocycles. The molecule has 0 aliphatic rings. The van der Waals surface area contributed by atoms with Gasteiger partial charge in [-0.3, -0.25) is 4.98 Å². The van der Waals surface area contributed by atoms with Crippen LogP contribution in [-0.4, -0.2) is 29.1 Å². The number of aromatic nitrogens is 3. The highest BCUT2D eigenvalue weighted by molar-refractivity contribution is 5.93. The standard InChI is InChI=1S/C21H16F2N4O/c1-24-21-16-5-3-12(17-9-14(22)4-6-18(17)23)8-19(16)26-20(27-21)13-7-15(28-2)11-25-10-13/h3-11H,1-2H3,(H,24,26,27). The molecule has 4 rings (SSSR count). The van der Waals surface area contributed by atoms with Crippen LogP contribution < -0.4 is 10.1 Å². The monoisotopic (exact) mass is 378 g/mol. The lowest BCUT2D eigenvalue weighted by Crippen LogP contribution is -1.99. The number of ether oxygens (including phenoxy) is 1. The minimum Gasteiger partial charge on any atom is -0.495 e. The summed E-state index contributed by atoms with van der Waals surface area (Å²) in [7, 11) is 3.32. The summed E-state index contributed by atoms with van der Waals surface area (Å²) in [6, 6.07) is 10.4. The number of hydrogen-bond acceptors (Lipinski definition) is 5. The molecule has 0 spiro atoms. The first-order chi connectivity index (χ1) is 13.6. The zero-order chi connectivity index (χ0) is 19.7. The molecule has 7 heteroatoms. The van der Waals surface area contributed by atoms with Crippen molar-refractivity contribution in [2.24, 2.45) is 0 Å². The van der Waals surface area contributed by atoms with Crippen molar-refractivity contribution in [1.29, 1.82) is 0 Å². The third kappa shape index (κ3) is 3.22. The first-order valence-electron chi connectivity index (χ1n) is 8.53. The maximum Gasteiger partial charge on any atom is 0.163 e. The van der Waals surface area contributed by atoms with Gasteiger partial charge in [-0.05, 0) is 42.0 Å². The highest BCUT2D eigenvalue weighted by Crippen LogP contribution is 2.31. The van der Waals surface area contributed by atoms with Gasteiger partial charge in [0.05, 0.1) is 18.8 Å². The van der Waals surface area contributed by atoms with Crippen molar-refractivity contribution in [3.05, 3.63) is 66.5 Å². The highest BCUT2D eigenvalue weighted by Gasteiger charge is 2.13. The van der Waals surface area contributed by atoms with E-state index in [2.05, 4.69) is 20.3 Å². The summed E-state index contributed by atoms with van der Waals surface area (Å²) in [4.78, 5) is 13.3. The second-order valence-corrected chi connectivity index (χ2v) is 6.12. The number of pyridine rings is 1. The Balaban J connectivity index is 1.91. The number of hydrogen-bond donors (Lipinski definition) is 1. The molecule has 0 saturated carbocycles. The third-order valence-electron chi connectivity index (χ3n) is 4.38. The minimum absolute atomic E-state index is 0.177. The van der Waals surface area contributed by atoms with Gasteiger partial charge in [-0.25, -0.2) is 18.7 Å². The molecular weight excluding hydrogens is 362 g/mol. The number of methoxy groups -OCH3 is 1. The van der Waals surface area contributed by atoms with Crippen LogP contribution in [0, 0.1) is 11.6 Å². The van der Waals surface area contributed by atoms with Crippen molar-refractivity contribution in [1.82, 2.24) is 15.0 Å². The van der Waals surface area contributed by atoms with Crippen LogP contribution in [0.4, 0.5) is 14.6 Å². The molecule has 1 N–H and O–H groups in total. The number of rotatable bonds is 4. The summed E-state index contributed by atoms with van der Waals surface area (Å²) < 4.78 is 33.0. The molecule has 0 aliphatic heterocycles. The fourth-order valence-electron chi connectivity index (χ4n) is 2.99. The second kappa shape index (κ2) is 7.19. The summed E-state index contributed by atoms with van der Waals surface area (Å²) in [6.07, 6.45) is 3.23. The quantitative estimate of drug-likeness (QED) is 0.558. The van der Waals surface area contributed by atoms with Crippen LogP contribution in [0.2, 0.25) is 0 Å². The van der Waals surface area contributed by atoms with Crippen molar-refractivity contribution in [2.45, 2.75) is 0 Å². The summed E-state index contributed by atoms with van der Waals surface area (Å²) >= 11 is 0. The number of nitrogens with zero attached hydrogens (tertiary/aromatic N) is 3. The van der Waals surface area contributed by atoms with Crippen LogP contribution in [0.5, 0.6) is 5.75 Å². The highest BCUT2D eigenvalue weighted by atomic mass is 19.1. The van der Waals surface area contributed by atoms with Gasteiger partial charge in [0.1, 0.15) is 23.2 Å². The van der Waals surface area contributed by atoms with Crippen molar-refractivity contribution in [3.63, 3.8) is 0 Å². The molecule has 0 amide bonds. The Morgan fingerprint density at radius 3 is 2.57 bits per heavy atom. The third-order valence-corrected chi connectivity index (χ3v) is 4.38. The molecule has 4 aromatic rings. The minimum atomic E-state index is -0.502. The maximum absolute atomic E-state index is 14.2. The number of fused-ring (bicyclic) bond motifs is 1. The fraction of sp³-hybridized carbons (Fsp3) is 0.0952. The van der Waals surface area contributed by atoms with Gasteiger partial charge in [-0.2, -0.15) is 0 Å². The smallest absolute Gasteiger partial charge is 0.163 e. The topological polar surface area (TPSA) is 59.9 Å². The van der Waals surface area contributed by atoms with E-state index in [1.165, 1.54) is 6.07 Å². The van der Waals surface area contributed by atoms with Crippen LogP contribution in [-0.2, 0) is 0 Å². The molecule has 140 valence electrons. The van der Waals surface area contributed by atoms with Crippen molar-refractivity contribution >= 4 is 16.7 Å². The molecule has 0 bridgehead atoms. The Labute approximate surface area is 160 Å². The lowest BCUT2D eigenvalue weighted by atomic mass is 10.0. The van der Waals surface area contributed by atoms with E-state index in [9.17, 15) is 8.78 Å². The molecular formula is C21H16F2N4O. The number of halogens is 2. The van der Waals surface area contributed by atoms with E-state index in [1.807, 2.05) is 0 Å². The second-order valence-electron chi connectivity index (χ2n) is 6.12. The van der Waals surface area contributed by atoms with Gasteiger partial charge < -0.3 is 10.1 Å². The molecule has 0 fully saturated rings. The fourth-order valence-corrected chi connectivity index (χ4v) is 2.99. The van der Waals surface area contributed by atoms with Crippen LogP contribution >= 0.6 is 0 Å². The van der Waals surface area contributed by atoms with Gasteiger partial charge in [0.2, 0.25) is 0 Å². The molecule has 0 unspecified atom stereocenters. The van der Waals surface area contributed by atoms with E-state index in [0.717, 1.165) is 17.5 Å². The van der Waals surface area contributed by atoms with E-state index in [-0.39, 0.29) is 5.56 Å². The molecule has 28 heavy (non-hydrogen) atoms. The molecule has 0 atom stereocenters. The largest absolute Gasteiger partial charge is 0.495 e. The summed E-state index contributed by atoms with van der Waals surface area (Å²) in [6.45, 7) is 0. The maximum atomic E-state index is 14.2.